The van der Waals surface area contributed by atoms with Gasteiger partial charge in [-0.2, -0.15) is 0 Å². The van der Waals surface area contributed by atoms with Crippen LogP contribution in [0.2, 0.25) is 0 Å². The maximum Gasteiger partial charge on any atom is 0.337 e. The minimum Gasteiger partial charge on any atom is -0.465 e. The number of benzene rings is 1. The number of hydrogen-bond acceptors (Lipinski definition) is 7. The number of rotatable bonds is 6. The first-order chi connectivity index (χ1) is 10.0. The lowest BCUT2D eigenvalue weighted by Crippen LogP contribution is -2.24. The van der Waals surface area contributed by atoms with Crippen molar-refractivity contribution in [2.24, 2.45) is 0 Å². The molecular weight excluding hydrogens is 280 g/mol. The van der Waals surface area contributed by atoms with Crippen LogP contribution in [0.4, 0.5) is 0 Å². The van der Waals surface area contributed by atoms with Gasteiger partial charge in [0.25, 0.3) is 6.47 Å². The summed E-state index contributed by atoms with van der Waals surface area (Å²) in [6.45, 7) is -0.289. The predicted molar refractivity (Wildman–Crippen MR) is 73.7 cm³/mol. The Kier molecular flexibility index (Phi) is 9.78. The SMILES string of the molecule is COC.COC(=O)c1ccc(C(CO)C(O)OC=O)cc1. The zero-order valence-electron chi connectivity index (χ0n) is 12.2. The third kappa shape index (κ3) is 6.35. The van der Waals surface area contributed by atoms with Crippen LogP contribution in [-0.4, -0.2) is 56.9 Å². The molecule has 0 heterocycles. The summed E-state index contributed by atoms with van der Waals surface area (Å²) in [6, 6.07) is 6.09. The maximum atomic E-state index is 11.2. The Morgan fingerprint density at radius 2 is 1.76 bits per heavy atom. The smallest absolute Gasteiger partial charge is 0.337 e. The number of esters is 1. The quantitative estimate of drug-likeness (QED) is 0.442. The average molecular weight is 300 g/mol. The van der Waals surface area contributed by atoms with Crippen LogP contribution in [0.5, 0.6) is 0 Å². The normalized spacial score (nSPS) is 12.4. The Balaban J connectivity index is 0.00000122. The molecule has 0 radical (unpaired) electrons. The van der Waals surface area contributed by atoms with Gasteiger partial charge in [0.1, 0.15) is 0 Å². The molecule has 0 spiro atoms. The van der Waals surface area contributed by atoms with Gasteiger partial charge in [0.2, 0.25) is 6.29 Å². The fourth-order valence-corrected chi connectivity index (χ4v) is 1.50. The molecule has 7 heteroatoms. The van der Waals surface area contributed by atoms with E-state index in [1.807, 2.05) is 0 Å². The highest BCUT2D eigenvalue weighted by Gasteiger charge is 2.21. The van der Waals surface area contributed by atoms with Crippen molar-refractivity contribution < 1.29 is 34.0 Å². The molecule has 21 heavy (non-hydrogen) atoms. The molecule has 0 saturated carbocycles. The van der Waals surface area contributed by atoms with Crippen LogP contribution in [0.3, 0.4) is 0 Å². The van der Waals surface area contributed by atoms with Crippen LogP contribution in [0.25, 0.3) is 0 Å². The Labute approximate surface area is 123 Å². The fourth-order valence-electron chi connectivity index (χ4n) is 1.50. The van der Waals surface area contributed by atoms with Crippen LogP contribution >= 0.6 is 0 Å². The minimum absolute atomic E-state index is 0.107. The summed E-state index contributed by atoms with van der Waals surface area (Å²) in [5, 5.41) is 18.6. The Bertz CT molecular complexity index is 416. The van der Waals surface area contributed by atoms with Gasteiger partial charge < -0.3 is 24.4 Å². The van der Waals surface area contributed by atoms with E-state index in [9.17, 15) is 14.7 Å². The number of aliphatic hydroxyl groups is 2. The lowest BCUT2D eigenvalue weighted by molar-refractivity contribution is -0.157. The second-order valence-electron chi connectivity index (χ2n) is 3.93. The molecule has 0 aromatic heterocycles. The summed E-state index contributed by atoms with van der Waals surface area (Å²) < 4.78 is 13.2. The van der Waals surface area contributed by atoms with E-state index < -0.39 is 24.8 Å². The molecule has 1 aromatic rings. The summed E-state index contributed by atoms with van der Waals surface area (Å²) in [4.78, 5) is 21.3. The fraction of sp³-hybridized carbons (Fsp3) is 0.429. The van der Waals surface area contributed by atoms with E-state index in [4.69, 9.17) is 5.11 Å². The highest BCUT2D eigenvalue weighted by Crippen LogP contribution is 2.20. The zero-order valence-corrected chi connectivity index (χ0v) is 12.2. The van der Waals surface area contributed by atoms with E-state index in [-0.39, 0.29) is 6.47 Å². The van der Waals surface area contributed by atoms with E-state index in [0.717, 1.165) is 0 Å². The first-order valence-corrected chi connectivity index (χ1v) is 6.02. The minimum atomic E-state index is -1.43. The van der Waals surface area contributed by atoms with Gasteiger partial charge in [-0.1, -0.05) is 12.1 Å². The number of ether oxygens (including phenoxy) is 3. The van der Waals surface area contributed by atoms with Crippen molar-refractivity contribution in [2.45, 2.75) is 12.2 Å². The Morgan fingerprint density at radius 1 is 1.24 bits per heavy atom. The number of methoxy groups -OCH3 is 2. The van der Waals surface area contributed by atoms with Gasteiger partial charge in [-0.15, -0.1) is 0 Å². The van der Waals surface area contributed by atoms with Crippen LogP contribution in [0, 0.1) is 0 Å². The van der Waals surface area contributed by atoms with Crippen molar-refractivity contribution >= 4 is 12.4 Å². The summed E-state index contributed by atoms with van der Waals surface area (Å²) in [5.74, 6) is -1.24. The molecule has 0 bridgehead atoms. The van der Waals surface area contributed by atoms with E-state index in [2.05, 4.69) is 14.2 Å². The third-order valence-electron chi connectivity index (χ3n) is 2.50. The van der Waals surface area contributed by atoms with Crippen molar-refractivity contribution in [2.75, 3.05) is 27.9 Å². The van der Waals surface area contributed by atoms with Crippen LogP contribution in [0.15, 0.2) is 24.3 Å². The van der Waals surface area contributed by atoms with Gasteiger partial charge >= 0.3 is 5.97 Å². The van der Waals surface area contributed by atoms with Gasteiger partial charge in [-0.25, -0.2) is 4.79 Å². The van der Waals surface area contributed by atoms with Gasteiger partial charge in [0, 0.05) is 14.2 Å². The van der Waals surface area contributed by atoms with Crippen molar-refractivity contribution in [1.82, 2.24) is 0 Å². The topological polar surface area (TPSA) is 102 Å². The Hall–Kier alpha value is -1.96. The number of aliphatic hydroxyl groups excluding tert-OH is 2. The summed E-state index contributed by atoms with van der Waals surface area (Å²) in [6.07, 6.45) is -1.43. The highest BCUT2D eigenvalue weighted by atomic mass is 16.6. The molecule has 118 valence electrons. The molecule has 2 atom stereocenters. The molecule has 0 aliphatic carbocycles. The largest absolute Gasteiger partial charge is 0.465 e. The highest BCUT2D eigenvalue weighted by molar-refractivity contribution is 5.89. The summed E-state index contributed by atoms with van der Waals surface area (Å²) in [5.41, 5.74) is 0.892. The molecule has 7 nitrogen and oxygen atoms in total. The molecular formula is C14H20O7. The summed E-state index contributed by atoms with van der Waals surface area (Å²) in [7, 11) is 4.52. The van der Waals surface area contributed by atoms with Crippen molar-refractivity contribution in [3.63, 3.8) is 0 Å². The van der Waals surface area contributed by atoms with Crippen LogP contribution in [0.1, 0.15) is 21.8 Å². The predicted octanol–water partition coefficient (Wildman–Crippen LogP) is 0.303. The molecule has 2 N–H and O–H groups in total. The number of hydrogen-bond donors (Lipinski definition) is 2. The lowest BCUT2D eigenvalue weighted by atomic mass is 9.98. The third-order valence-corrected chi connectivity index (χ3v) is 2.50. The maximum absolute atomic E-state index is 11.2. The van der Waals surface area contributed by atoms with E-state index in [1.54, 1.807) is 26.4 Å². The van der Waals surface area contributed by atoms with Gasteiger partial charge in [-0.3, -0.25) is 4.79 Å². The first-order valence-electron chi connectivity index (χ1n) is 6.02. The van der Waals surface area contributed by atoms with Gasteiger partial charge in [0.15, 0.2) is 0 Å². The standard InChI is InChI=1S/C12H14O6.C2H6O/c1-17-11(15)9-4-2-8(3-5-9)10(6-13)12(16)18-7-14;1-3-2/h2-5,7,10,12-13,16H,6H2,1H3;1-2H3. The second kappa shape index (κ2) is 10.8. The molecule has 0 aliphatic heterocycles. The number of carbonyl (C=O) groups excluding carboxylic acids is 2. The van der Waals surface area contributed by atoms with Gasteiger partial charge in [-0.05, 0) is 17.7 Å². The molecule has 0 amide bonds. The van der Waals surface area contributed by atoms with Crippen molar-refractivity contribution in [3.05, 3.63) is 35.4 Å². The Morgan fingerprint density at radius 3 is 2.14 bits per heavy atom. The molecule has 2 unspecified atom stereocenters. The first kappa shape index (κ1) is 19.0. The van der Waals surface area contributed by atoms with Crippen LogP contribution < -0.4 is 0 Å². The second-order valence-corrected chi connectivity index (χ2v) is 3.93. The number of carbonyl (C=O) groups is 2. The molecule has 0 saturated heterocycles. The van der Waals surface area contributed by atoms with E-state index in [0.29, 0.717) is 11.1 Å². The average Bonchev–Trinajstić information content (AvgIpc) is 2.49. The van der Waals surface area contributed by atoms with Crippen LogP contribution in [-0.2, 0) is 19.0 Å². The molecule has 1 aromatic carbocycles. The monoisotopic (exact) mass is 300 g/mol. The summed E-state index contributed by atoms with van der Waals surface area (Å²) >= 11 is 0. The molecule has 1 rings (SSSR count). The van der Waals surface area contributed by atoms with Crippen molar-refractivity contribution in [3.8, 4) is 0 Å². The van der Waals surface area contributed by atoms with E-state index in [1.165, 1.54) is 19.2 Å². The zero-order chi connectivity index (χ0) is 16.3. The molecule has 0 fully saturated rings. The molecule has 0 aliphatic rings. The van der Waals surface area contributed by atoms with Crippen molar-refractivity contribution in [1.29, 1.82) is 0 Å². The lowest BCUT2D eigenvalue weighted by Gasteiger charge is -2.19. The van der Waals surface area contributed by atoms with E-state index >= 15 is 0 Å². The van der Waals surface area contributed by atoms with Gasteiger partial charge in [0.05, 0.1) is 25.2 Å².